The van der Waals surface area contributed by atoms with Gasteiger partial charge in [0.1, 0.15) is 0 Å². The Kier molecular flexibility index (Phi) is 6.92. The molecule has 0 aromatic heterocycles. The number of benzene rings is 1. The Balaban J connectivity index is 0.000000671. The van der Waals surface area contributed by atoms with Crippen LogP contribution in [0.1, 0.15) is 19.4 Å². The van der Waals surface area contributed by atoms with E-state index in [1.807, 2.05) is 45.2 Å². The molecular formula is C10H16ClNS. The fraction of sp³-hybridized carbons (Fsp3) is 0.400. The van der Waals surface area contributed by atoms with E-state index in [1.54, 1.807) is 11.9 Å². The van der Waals surface area contributed by atoms with E-state index >= 15 is 0 Å². The summed E-state index contributed by atoms with van der Waals surface area (Å²) in [6.07, 6.45) is 1.99. The minimum absolute atomic E-state index is 0.786. The van der Waals surface area contributed by atoms with Crippen molar-refractivity contribution < 1.29 is 0 Å². The van der Waals surface area contributed by atoms with E-state index in [1.165, 1.54) is 5.56 Å². The quantitative estimate of drug-likeness (QED) is 0.739. The molecule has 3 heteroatoms. The predicted octanol–water partition coefficient (Wildman–Crippen LogP) is 4.36. The highest BCUT2D eigenvalue weighted by atomic mass is 35.5. The smallest absolute Gasteiger partial charge is 0.0470 e. The van der Waals surface area contributed by atoms with Crippen molar-refractivity contribution in [2.75, 3.05) is 11.0 Å². The van der Waals surface area contributed by atoms with Crippen molar-refractivity contribution in [3.8, 4) is 0 Å². The SMILES string of the molecule is CC.CSNc1ccc(Cl)cc1C. The van der Waals surface area contributed by atoms with Crippen molar-refractivity contribution in [1.82, 2.24) is 0 Å². The second kappa shape index (κ2) is 7.10. The van der Waals surface area contributed by atoms with Gasteiger partial charge in [-0.1, -0.05) is 37.4 Å². The molecule has 0 aliphatic carbocycles. The van der Waals surface area contributed by atoms with Crippen LogP contribution in [0, 0.1) is 6.92 Å². The zero-order valence-electron chi connectivity index (χ0n) is 8.52. The van der Waals surface area contributed by atoms with Gasteiger partial charge in [-0.2, -0.15) is 0 Å². The minimum Gasteiger partial charge on any atom is -0.330 e. The summed E-state index contributed by atoms with van der Waals surface area (Å²) in [5.74, 6) is 0. The Morgan fingerprint density at radius 3 is 2.38 bits per heavy atom. The molecule has 1 aromatic rings. The molecule has 1 N–H and O–H groups in total. The molecule has 0 atom stereocenters. The number of halogens is 1. The van der Waals surface area contributed by atoms with Crippen LogP contribution >= 0.6 is 23.5 Å². The number of hydrogen-bond donors (Lipinski definition) is 1. The number of aryl methyl sites for hydroxylation is 1. The van der Waals surface area contributed by atoms with Crippen LogP contribution in [0.3, 0.4) is 0 Å². The molecule has 0 fully saturated rings. The summed E-state index contributed by atoms with van der Waals surface area (Å²) >= 11 is 7.36. The Labute approximate surface area is 90.0 Å². The van der Waals surface area contributed by atoms with Gasteiger partial charge in [0.05, 0.1) is 0 Å². The van der Waals surface area contributed by atoms with Gasteiger partial charge in [-0.25, -0.2) is 0 Å². The maximum Gasteiger partial charge on any atom is 0.0470 e. The normalized spacial score (nSPS) is 8.69. The zero-order valence-corrected chi connectivity index (χ0v) is 10.1. The Morgan fingerprint density at radius 2 is 1.92 bits per heavy atom. The fourth-order valence-electron chi connectivity index (χ4n) is 0.852. The average molecular weight is 218 g/mol. The van der Waals surface area contributed by atoms with E-state index in [0.29, 0.717) is 0 Å². The third kappa shape index (κ3) is 4.44. The molecule has 1 aromatic carbocycles. The average Bonchev–Trinajstić information content (AvgIpc) is 2.14. The molecule has 0 heterocycles. The molecule has 0 saturated carbocycles. The predicted molar refractivity (Wildman–Crippen MR) is 64.7 cm³/mol. The van der Waals surface area contributed by atoms with E-state index in [9.17, 15) is 0 Å². The van der Waals surface area contributed by atoms with Crippen LogP contribution in [0.25, 0.3) is 0 Å². The van der Waals surface area contributed by atoms with E-state index in [-0.39, 0.29) is 0 Å². The van der Waals surface area contributed by atoms with Crippen molar-refractivity contribution in [1.29, 1.82) is 0 Å². The second-order valence-corrected chi connectivity index (χ2v) is 3.31. The van der Waals surface area contributed by atoms with Gasteiger partial charge in [0.2, 0.25) is 0 Å². The highest BCUT2D eigenvalue weighted by Gasteiger charge is 1.95. The van der Waals surface area contributed by atoms with Gasteiger partial charge < -0.3 is 4.72 Å². The molecule has 13 heavy (non-hydrogen) atoms. The lowest BCUT2D eigenvalue weighted by atomic mass is 10.2. The minimum atomic E-state index is 0.786. The van der Waals surface area contributed by atoms with Gasteiger partial charge in [0, 0.05) is 17.0 Å². The molecule has 0 amide bonds. The van der Waals surface area contributed by atoms with Crippen LogP contribution in [0.2, 0.25) is 5.02 Å². The molecule has 0 radical (unpaired) electrons. The summed E-state index contributed by atoms with van der Waals surface area (Å²) in [6, 6.07) is 5.81. The van der Waals surface area contributed by atoms with Crippen molar-refractivity contribution in [2.45, 2.75) is 20.8 Å². The molecule has 1 rings (SSSR count). The van der Waals surface area contributed by atoms with Crippen molar-refractivity contribution in [3.05, 3.63) is 28.8 Å². The maximum atomic E-state index is 5.78. The zero-order chi connectivity index (χ0) is 10.3. The van der Waals surface area contributed by atoms with Gasteiger partial charge in [0.15, 0.2) is 0 Å². The lowest BCUT2D eigenvalue weighted by Crippen LogP contribution is -1.87. The first-order valence-electron chi connectivity index (χ1n) is 4.29. The maximum absolute atomic E-state index is 5.78. The lowest BCUT2D eigenvalue weighted by molar-refractivity contribution is 1.47. The molecule has 1 nitrogen and oxygen atoms in total. The van der Waals surface area contributed by atoms with Crippen molar-refractivity contribution >= 4 is 29.2 Å². The van der Waals surface area contributed by atoms with Gasteiger partial charge in [-0.05, 0) is 30.7 Å². The van der Waals surface area contributed by atoms with E-state index in [2.05, 4.69) is 4.72 Å². The van der Waals surface area contributed by atoms with Crippen LogP contribution in [-0.2, 0) is 0 Å². The summed E-state index contributed by atoms with van der Waals surface area (Å²) in [5.41, 5.74) is 2.30. The molecule has 74 valence electrons. The summed E-state index contributed by atoms with van der Waals surface area (Å²) in [4.78, 5) is 0. The van der Waals surface area contributed by atoms with Crippen LogP contribution < -0.4 is 4.72 Å². The Hall–Kier alpha value is -0.340. The third-order valence-corrected chi connectivity index (χ3v) is 2.06. The monoisotopic (exact) mass is 217 g/mol. The number of anilines is 1. The highest BCUT2D eigenvalue weighted by molar-refractivity contribution is 7.99. The van der Waals surface area contributed by atoms with Gasteiger partial charge in [-0.3, -0.25) is 0 Å². The number of nitrogens with one attached hydrogen (secondary N) is 1. The third-order valence-electron chi connectivity index (χ3n) is 1.40. The standard InChI is InChI=1S/C8H10ClNS.C2H6/c1-6-5-7(9)3-4-8(6)10-11-2;1-2/h3-5,10H,1-2H3;1-2H3. The first-order valence-corrected chi connectivity index (χ1v) is 5.89. The van der Waals surface area contributed by atoms with E-state index in [0.717, 1.165) is 10.7 Å². The van der Waals surface area contributed by atoms with Crippen LogP contribution in [0.4, 0.5) is 5.69 Å². The Morgan fingerprint density at radius 1 is 1.31 bits per heavy atom. The lowest BCUT2D eigenvalue weighted by Gasteiger charge is -2.05. The molecule has 0 spiro atoms. The van der Waals surface area contributed by atoms with Crippen LogP contribution in [-0.4, -0.2) is 6.26 Å². The highest BCUT2D eigenvalue weighted by Crippen LogP contribution is 2.21. The van der Waals surface area contributed by atoms with E-state index < -0.39 is 0 Å². The Bertz CT molecular complexity index is 251. The number of hydrogen-bond acceptors (Lipinski definition) is 2. The van der Waals surface area contributed by atoms with Gasteiger partial charge in [0.25, 0.3) is 0 Å². The van der Waals surface area contributed by atoms with Gasteiger partial charge in [-0.15, -0.1) is 0 Å². The summed E-state index contributed by atoms with van der Waals surface area (Å²) in [6.45, 7) is 6.03. The fourth-order valence-corrected chi connectivity index (χ4v) is 1.53. The molecule has 0 saturated heterocycles. The summed E-state index contributed by atoms with van der Waals surface area (Å²) in [5, 5.41) is 0.786. The summed E-state index contributed by atoms with van der Waals surface area (Å²) < 4.78 is 3.16. The second-order valence-electron chi connectivity index (χ2n) is 2.27. The van der Waals surface area contributed by atoms with Crippen LogP contribution in [0.5, 0.6) is 0 Å². The van der Waals surface area contributed by atoms with Crippen molar-refractivity contribution in [2.24, 2.45) is 0 Å². The van der Waals surface area contributed by atoms with Crippen LogP contribution in [0.15, 0.2) is 18.2 Å². The van der Waals surface area contributed by atoms with E-state index in [4.69, 9.17) is 11.6 Å². The molecule has 0 unspecified atom stereocenters. The molecule has 0 aliphatic rings. The largest absolute Gasteiger partial charge is 0.330 e. The topological polar surface area (TPSA) is 12.0 Å². The molecule has 0 bridgehead atoms. The first kappa shape index (κ1) is 12.7. The summed E-state index contributed by atoms with van der Waals surface area (Å²) in [7, 11) is 0. The van der Waals surface area contributed by atoms with Crippen molar-refractivity contribution in [3.63, 3.8) is 0 Å². The van der Waals surface area contributed by atoms with Gasteiger partial charge >= 0.3 is 0 Å². The molecular weight excluding hydrogens is 202 g/mol. The molecule has 0 aliphatic heterocycles. The number of rotatable bonds is 2. The first-order chi connectivity index (χ1) is 6.24.